The van der Waals surface area contributed by atoms with Gasteiger partial charge in [-0.1, -0.05) is 12.1 Å². The summed E-state index contributed by atoms with van der Waals surface area (Å²) in [5.74, 6) is -0.763. The van der Waals surface area contributed by atoms with Crippen molar-refractivity contribution in [3.63, 3.8) is 0 Å². The molecule has 1 aromatic carbocycles. The molecule has 0 atom stereocenters. The monoisotopic (exact) mass is 254 g/mol. The maximum atomic E-state index is 10.6. The summed E-state index contributed by atoms with van der Waals surface area (Å²) in [6, 6.07) is 8.11. The Morgan fingerprint density at radius 2 is 2.11 bits per heavy atom. The van der Waals surface area contributed by atoms with Crippen LogP contribution in [0.1, 0.15) is 12.0 Å². The fourth-order valence-corrected chi connectivity index (χ4v) is 2.51. The normalized spacial score (nSPS) is 11.2. The first-order valence-electron chi connectivity index (χ1n) is 6.19. The maximum Gasteiger partial charge on any atom is 0.303 e. The summed E-state index contributed by atoms with van der Waals surface area (Å²) in [6.07, 6.45) is 4.38. The van der Waals surface area contributed by atoms with E-state index >= 15 is 0 Å². The average molecular weight is 254 g/mol. The standard InChI is InChI=1S/C15H14N2O2/c1-17-13-6-7-16-9-12(13)11-4-2-10(8-14(11)17)3-5-15(18)19/h2,4,6-9H,3,5H2,1H3,(H,18,19). The number of pyridine rings is 1. The smallest absolute Gasteiger partial charge is 0.303 e. The van der Waals surface area contributed by atoms with E-state index in [9.17, 15) is 4.79 Å². The summed E-state index contributed by atoms with van der Waals surface area (Å²) in [4.78, 5) is 14.8. The van der Waals surface area contributed by atoms with Gasteiger partial charge in [-0.2, -0.15) is 0 Å². The molecular weight excluding hydrogens is 240 g/mol. The Bertz CT molecular complexity index is 774. The van der Waals surface area contributed by atoms with Crippen LogP contribution in [0.2, 0.25) is 0 Å². The van der Waals surface area contributed by atoms with Crippen LogP contribution >= 0.6 is 0 Å². The van der Waals surface area contributed by atoms with Crippen molar-refractivity contribution in [2.75, 3.05) is 0 Å². The summed E-state index contributed by atoms with van der Waals surface area (Å²) >= 11 is 0. The fraction of sp³-hybridized carbons (Fsp3) is 0.200. The van der Waals surface area contributed by atoms with Gasteiger partial charge in [0.25, 0.3) is 0 Å². The van der Waals surface area contributed by atoms with E-state index in [1.54, 1.807) is 6.20 Å². The predicted molar refractivity (Wildman–Crippen MR) is 74.2 cm³/mol. The van der Waals surface area contributed by atoms with Gasteiger partial charge in [0.1, 0.15) is 0 Å². The van der Waals surface area contributed by atoms with Crippen molar-refractivity contribution in [1.29, 1.82) is 0 Å². The third-order valence-corrected chi connectivity index (χ3v) is 3.50. The maximum absolute atomic E-state index is 10.6. The third-order valence-electron chi connectivity index (χ3n) is 3.50. The second-order valence-corrected chi connectivity index (χ2v) is 4.70. The number of carboxylic acid groups (broad SMARTS) is 1. The Hall–Kier alpha value is -2.36. The second kappa shape index (κ2) is 4.39. The van der Waals surface area contributed by atoms with Crippen molar-refractivity contribution in [2.24, 2.45) is 7.05 Å². The highest BCUT2D eigenvalue weighted by Gasteiger charge is 2.09. The number of aromatic nitrogens is 2. The summed E-state index contributed by atoms with van der Waals surface area (Å²) < 4.78 is 2.12. The lowest BCUT2D eigenvalue weighted by molar-refractivity contribution is -0.136. The highest BCUT2D eigenvalue weighted by atomic mass is 16.4. The number of aryl methyl sites for hydroxylation is 2. The first kappa shape index (κ1) is 11.7. The number of carbonyl (C=O) groups is 1. The summed E-state index contributed by atoms with van der Waals surface area (Å²) in [5.41, 5.74) is 3.31. The molecule has 0 aliphatic heterocycles. The van der Waals surface area contributed by atoms with Crippen LogP contribution in [0.5, 0.6) is 0 Å². The lowest BCUT2D eigenvalue weighted by atomic mass is 10.1. The number of carboxylic acids is 1. The molecule has 3 rings (SSSR count). The molecule has 2 aromatic heterocycles. The highest BCUT2D eigenvalue weighted by molar-refractivity contribution is 6.07. The van der Waals surface area contributed by atoms with Gasteiger partial charge in [0, 0.05) is 42.2 Å². The SMILES string of the molecule is Cn1c2ccncc2c2ccc(CCC(=O)O)cc21. The predicted octanol–water partition coefficient (Wildman–Crippen LogP) is 2.74. The number of benzene rings is 1. The molecule has 0 spiro atoms. The number of fused-ring (bicyclic) bond motifs is 3. The molecule has 1 N–H and O–H groups in total. The van der Waals surface area contributed by atoms with Crippen LogP contribution < -0.4 is 0 Å². The van der Waals surface area contributed by atoms with Crippen LogP contribution in [0, 0.1) is 0 Å². The first-order chi connectivity index (χ1) is 9.16. The van der Waals surface area contributed by atoms with Crippen molar-refractivity contribution >= 4 is 27.8 Å². The van der Waals surface area contributed by atoms with Crippen LogP contribution in [-0.2, 0) is 18.3 Å². The minimum Gasteiger partial charge on any atom is -0.481 e. The van der Waals surface area contributed by atoms with E-state index in [1.807, 2.05) is 25.4 Å². The quantitative estimate of drug-likeness (QED) is 0.782. The van der Waals surface area contributed by atoms with E-state index < -0.39 is 5.97 Å². The molecule has 0 aliphatic rings. The Balaban J connectivity index is 2.15. The van der Waals surface area contributed by atoms with Crippen LogP contribution in [0.15, 0.2) is 36.7 Å². The lowest BCUT2D eigenvalue weighted by Gasteiger charge is -2.01. The molecule has 3 aromatic rings. The second-order valence-electron chi connectivity index (χ2n) is 4.70. The Morgan fingerprint density at radius 3 is 2.89 bits per heavy atom. The number of hydrogen-bond donors (Lipinski definition) is 1. The van der Waals surface area contributed by atoms with Gasteiger partial charge < -0.3 is 9.67 Å². The molecule has 4 heteroatoms. The number of nitrogens with zero attached hydrogens (tertiary/aromatic N) is 2. The van der Waals surface area contributed by atoms with Gasteiger partial charge in [-0.25, -0.2) is 0 Å². The van der Waals surface area contributed by atoms with Gasteiger partial charge in [-0.05, 0) is 24.1 Å². The minimum absolute atomic E-state index is 0.164. The van der Waals surface area contributed by atoms with E-state index in [1.165, 1.54) is 0 Å². The number of rotatable bonds is 3. The van der Waals surface area contributed by atoms with E-state index in [0.29, 0.717) is 6.42 Å². The highest BCUT2D eigenvalue weighted by Crippen LogP contribution is 2.28. The van der Waals surface area contributed by atoms with Gasteiger partial charge in [0.05, 0.1) is 5.52 Å². The van der Waals surface area contributed by atoms with Gasteiger partial charge in [0.2, 0.25) is 0 Å². The largest absolute Gasteiger partial charge is 0.481 e. The molecule has 0 amide bonds. The summed E-state index contributed by atoms with van der Waals surface area (Å²) in [7, 11) is 2.02. The molecule has 4 nitrogen and oxygen atoms in total. The minimum atomic E-state index is -0.763. The van der Waals surface area contributed by atoms with E-state index in [2.05, 4.69) is 21.7 Å². The lowest BCUT2D eigenvalue weighted by Crippen LogP contribution is -1.97. The Morgan fingerprint density at radius 1 is 1.26 bits per heavy atom. The molecule has 0 saturated carbocycles. The fourth-order valence-electron chi connectivity index (χ4n) is 2.51. The molecule has 0 saturated heterocycles. The zero-order valence-electron chi connectivity index (χ0n) is 10.6. The van der Waals surface area contributed by atoms with Crippen molar-refractivity contribution in [2.45, 2.75) is 12.8 Å². The number of hydrogen-bond acceptors (Lipinski definition) is 2. The van der Waals surface area contributed by atoms with Crippen molar-refractivity contribution in [3.8, 4) is 0 Å². The van der Waals surface area contributed by atoms with Crippen molar-refractivity contribution < 1.29 is 9.90 Å². The van der Waals surface area contributed by atoms with E-state index in [-0.39, 0.29) is 6.42 Å². The van der Waals surface area contributed by atoms with Crippen LogP contribution in [0.25, 0.3) is 21.8 Å². The summed E-state index contributed by atoms with van der Waals surface area (Å²) in [6.45, 7) is 0. The van der Waals surface area contributed by atoms with E-state index in [4.69, 9.17) is 5.11 Å². The molecule has 0 aliphatic carbocycles. The molecule has 0 bridgehead atoms. The van der Waals surface area contributed by atoms with Crippen LogP contribution in [0.3, 0.4) is 0 Å². The zero-order valence-corrected chi connectivity index (χ0v) is 10.6. The zero-order chi connectivity index (χ0) is 13.4. The topological polar surface area (TPSA) is 55.1 Å². The molecule has 0 unspecified atom stereocenters. The van der Waals surface area contributed by atoms with Gasteiger partial charge in [-0.15, -0.1) is 0 Å². The third kappa shape index (κ3) is 1.95. The Labute approximate surface area is 110 Å². The first-order valence-corrected chi connectivity index (χ1v) is 6.19. The van der Waals surface area contributed by atoms with Crippen molar-refractivity contribution in [1.82, 2.24) is 9.55 Å². The molecule has 96 valence electrons. The van der Waals surface area contributed by atoms with Gasteiger partial charge in [0.15, 0.2) is 0 Å². The molecule has 2 heterocycles. The molecule has 0 fully saturated rings. The van der Waals surface area contributed by atoms with Crippen molar-refractivity contribution in [3.05, 3.63) is 42.2 Å². The summed E-state index contributed by atoms with van der Waals surface area (Å²) in [5, 5.41) is 11.0. The average Bonchev–Trinajstić information content (AvgIpc) is 2.71. The van der Waals surface area contributed by atoms with E-state index in [0.717, 1.165) is 27.4 Å². The Kier molecular flexibility index (Phi) is 2.71. The number of aliphatic carboxylic acids is 1. The van der Waals surface area contributed by atoms with Crippen LogP contribution in [-0.4, -0.2) is 20.6 Å². The van der Waals surface area contributed by atoms with Crippen LogP contribution in [0.4, 0.5) is 0 Å². The molecular formula is C15H14N2O2. The molecule has 0 radical (unpaired) electrons. The molecule has 19 heavy (non-hydrogen) atoms. The van der Waals surface area contributed by atoms with Gasteiger partial charge in [-0.3, -0.25) is 9.78 Å². The van der Waals surface area contributed by atoms with Gasteiger partial charge >= 0.3 is 5.97 Å².